The SMILES string of the molecule is OC[C@@H](c1ccc(F)c(F)c1)N1CCCC1. The van der Waals surface area contributed by atoms with Gasteiger partial charge in [0.25, 0.3) is 0 Å². The van der Waals surface area contributed by atoms with Gasteiger partial charge in [0.1, 0.15) is 0 Å². The van der Waals surface area contributed by atoms with Crippen LogP contribution < -0.4 is 0 Å². The van der Waals surface area contributed by atoms with Gasteiger partial charge in [-0.25, -0.2) is 8.78 Å². The van der Waals surface area contributed by atoms with Crippen molar-refractivity contribution in [2.24, 2.45) is 0 Å². The number of hydrogen-bond donors (Lipinski definition) is 1. The first-order chi connectivity index (χ1) is 7.72. The minimum Gasteiger partial charge on any atom is -0.394 e. The third kappa shape index (κ3) is 2.23. The second kappa shape index (κ2) is 4.89. The van der Waals surface area contributed by atoms with Gasteiger partial charge in [0.15, 0.2) is 11.6 Å². The van der Waals surface area contributed by atoms with Gasteiger partial charge in [-0.05, 0) is 43.6 Å². The van der Waals surface area contributed by atoms with Gasteiger partial charge >= 0.3 is 0 Å². The molecule has 1 saturated heterocycles. The second-order valence-corrected chi connectivity index (χ2v) is 4.11. The van der Waals surface area contributed by atoms with Crippen LogP contribution in [0, 0.1) is 11.6 Å². The van der Waals surface area contributed by atoms with Crippen LogP contribution in [0.2, 0.25) is 0 Å². The van der Waals surface area contributed by atoms with Gasteiger partial charge in [0.2, 0.25) is 0 Å². The molecule has 1 aromatic rings. The first-order valence-corrected chi connectivity index (χ1v) is 5.52. The largest absolute Gasteiger partial charge is 0.394 e. The standard InChI is InChI=1S/C12H15F2NO/c13-10-4-3-9(7-11(10)14)12(8-16)15-5-1-2-6-15/h3-4,7,12,16H,1-2,5-6,8H2/t12-/m0/s1. The zero-order valence-corrected chi connectivity index (χ0v) is 9.00. The summed E-state index contributed by atoms with van der Waals surface area (Å²) in [5.41, 5.74) is 0.642. The number of benzene rings is 1. The van der Waals surface area contributed by atoms with E-state index < -0.39 is 11.6 Å². The summed E-state index contributed by atoms with van der Waals surface area (Å²) in [4.78, 5) is 2.10. The van der Waals surface area contributed by atoms with Crippen molar-refractivity contribution in [2.45, 2.75) is 18.9 Å². The number of aliphatic hydroxyl groups is 1. The van der Waals surface area contributed by atoms with E-state index >= 15 is 0 Å². The number of halogens is 2. The molecule has 0 saturated carbocycles. The number of aliphatic hydroxyl groups excluding tert-OH is 1. The summed E-state index contributed by atoms with van der Waals surface area (Å²) in [6.45, 7) is 1.75. The average molecular weight is 227 g/mol. The van der Waals surface area contributed by atoms with Gasteiger partial charge in [-0.1, -0.05) is 6.07 Å². The van der Waals surface area contributed by atoms with Gasteiger partial charge in [0.05, 0.1) is 12.6 Å². The van der Waals surface area contributed by atoms with E-state index in [1.54, 1.807) is 0 Å². The van der Waals surface area contributed by atoms with E-state index in [0.29, 0.717) is 5.56 Å². The van der Waals surface area contributed by atoms with E-state index in [0.717, 1.165) is 32.0 Å². The molecule has 1 N–H and O–H groups in total. The van der Waals surface area contributed by atoms with Crippen molar-refractivity contribution in [3.05, 3.63) is 35.4 Å². The van der Waals surface area contributed by atoms with Crippen LogP contribution >= 0.6 is 0 Å². The van der Waals surface area contributed by atoms with Crippen LogP contribution in [0.5, 0.6) is 0 Å². The van der Waals surface area contributed by atoms with Crippen LogP contribution in [-0.4, -0.2) is 29.7 Å². The predicted molar refractivity (Wildman–Crippen MR) is 57.0 cm³/mol. The molecule has 2 rings (SSSR count). The van der Waals surface area contributed by atoms with Crippen molar-refractivity contribution in [3.8, 4) is 0 Å². The van der Waals surface area contributed by atoms with Crippen molar-refractivity contribution in [2.75, 3.05) is 19.7 Å². The maximum atomic E-state index is 13.1. The fraction of sp³-hybridized carbons (Fsp3) is 0.500. The Kier molecular flexibility index (Phi) is 3.51. The monoisotopic (exact) mass is 227 g/mol. The third-order valence-electron chi connectivity index (χ3n) is 3.08. The van der Waals surface area contributed by atoms with Crippen LogP contribution in [0.25, 0.3) is 0 Å². The Morgan fingerprint density at radius 2 is 1.88 bits per heavy atom. The Balaban J connectivity index is 2.22. The maximum absolute atomic E-state index is 13.1. The van der Waals surface area contributed by atoms with Crippen LogP contribution in [0.1, 0.15) is 24.4 Å². The Morgan fingerprint density at radius 1 is 1.19 bits per heavy atom. The van der Waals surface area contributed by atoms with Crippen LogP contribution in [0.15, 0.2) is 18.2 Å². The topological polar surface area (TPSA) is 23.5 Å². The summed E-state index contributed by atoms with van der Waals surface area (Å²) in [5.74, 6) is -1.70. The van der Waals surface area contributed by atoms with Gasteiger partial charge in [-0.15, -0.1) is 0 Å². The Hall–Kier alpha value is -1.00. The quantitative estimate of drug-likeness (QED) is 0.854. The normalized spacial score (nSPS) is 18.9. The molecular formula is C12H15F2NO. The molecular weight excluding hydrogens is 212 g/mol. The molecule has 1 aromatic carbocycles. The molecule has 1 aliphatic heterocycles. The highest BCUT2D eigenvalue weighted by atomic mass is 19.2. The number of likely N-dealkylation sites (tertiary alicyclic amines) is 1. The van der Waals surface area contributed by atoms with Crippen molar-refractivity contribution in [3.63, 3.8) is 0 Å². The molecule has 1 fully saturated rings. The highest BCUT2D eigenvalue weighted by Crippen LogP contribution is 2.25. The smallest absolute Gasteiger partial charge is 0.159 e. The molecule has 0 unspecified atom stereocenters. The van der Waals surface area contributed by atoms with Crippen LogP contribution in [0.3, 0.4) is 0 Å². The lowest BCUT2D eigenvalue weighted by Gasteiger charge is -2.26. The highest BCUT2D eigenvalue weighted by molar-refractivity contribution is 5.21. The van der Waals surface area contributed by atoms with E-state index in [1.807, 2.05) is 0 Å². The summed E-state index contributed by atoms with van der Waals surface area (Å²) in [6.07, 6.45) is 2.19. The van der Waals surface area contributed by atoms with E-state index in [1.165, 1.54) is 12.1 Å². The van der Waals surface area contributed by atoms with Crippen molar-refractivity contribution < 1.29 is 13.9 Å². The lowest BCUT2D eigenvalue weighted by atomic mass is 10.1. The molecule has 4 heteroatoms. The first-order valence-electron chi connectivity index (χ1n) is 5.52. The van der Waals surface area contributed by atoms with Crippen molar-refractivity contribution in [1.29, 1.82) is 0 Å². The van der Waals surface area contributed by atoms with Crippen molar-refractivity contribution >= 4 is 0 Å². The minimum atomic E-state index is -0.852. The van der Waals surface area contributed by atoms with Gasteiger partial charge in [-0.3, -0.25) is 4.90 Å². The Bertz CT molecular complexity index is 364. The van der Waals surface area contributed by atoms with Gasteiger partial charge in [0, 0.05) is 0 Å². The molecule has 16 heavy (non-hydrogen) atoms. The molecule has 2 nitrogen and oxygen atoms in total. The number of rotatable bonds is 3. The van der Waals surface area contributed by atoms with Crippen molar-refractivity contribution in [1.82, 2.24) is 4.90 Å². The number of hydrogen-bond acceptors (Lipinski definition) is 2. The van der Waals surface area contributed by atoms with E-state index in [4.69, 9.17) is 0 Å². The fourth-order valence-corrected chi connectivity index (χ4v) is 2.20. The van der Waals surface area contributed by atoms with E-state index in [9.17, 15) is 13.9 Å². The molecule has 0 aromatic heterocycles. The first kappa shape index (κ1) is 11.5. The predicted octanol–water partition coefficient (Wildman–Crippen LogP) is 2.09. The van der Waals surface area contributed by atoms with Crippen LogP contribution in [0.4, 0.5) is 8.78 Å². The average Bonchev–Trinajstić information content (AvgIpc) is 2.78. The van der Waals surface area contributed by atoms with Gasteiger partial charge in [-0.2, -0.15) is 0 Å². The Labute approximate surface area is 93.5 Å². The molecule has 0 amide bonds. The van der Waals surface area contributed by atoms with E-state index in [2.05, 4.69) is 4.90 Å². The second-order valence-electron chi connectivity index (χ2n) is 4.11. The molecule has 0 bridgehead atoms. The molecule has 1 aliphatic rings. The zero-order chi connectivity index (χ0) is 11.5. The molecule has 1 heterocycles. The summed E-state index contributed by atoms with van der Waals surface area (Å²) in [6, 6.07) is 3.62. The molecule has 88 valence electrons. The summed E-state index contributed by atoms with van der Waals surface area (Å²) in [5, 5.41) is 9.34. The van der Waals surface area contributed by atoms with Gasteiger partial charge < -0.3 is 5.11 Å². The number of nitrogens with zero attached hydrogens (tertiary/aromatic N) is 1. The summed E-state index contributed by atoms with van der Waals surface area (Å²) < 4.78 is 25.9. The molecule has 0 aliphatic carbocycles. The van der Waals surface area contributed by atoms with E-state index in [-0.39, 0.29) is 12.6 Å². The lowest BCUT2D eigenvalue weighted by molar-refractivity contribution is 0.146. The molecule has 0 spiro atoms. The summed E-state index contributed by atoms with van der Waals surface area (Å²) in [7, 11) is 0. The fourth-order valence-electron chi connectivity index (χ4n) is 2.20. The zero-order valence-electron chi connectivity index (χ0n) is 9.00. The molecule has 0 radical (unpaired) electrons. The highest BCUT2D eigenvalue weighted by Gasteiger charge is 2.23. The minimum absolute atomic E-state index is 0.0644. The lowest BCUT2D eigenvalue weighted by Crippen LogP contribution is -2.28. The molecule has 1 atom stereocenters. The Morgan fingerprint density at radius 3 is 2.44 bits per heavy atom. The van der Waals surface area contributed by atoms with Crippen LogP contribution in [-0.2, 0) is 0 Å². The maximum Gasteiger partial charge on any atom is 0.159 e. The summed E-state index contributed by atoms with van der Waals surface area (Å²) >= 11 is 0. The third-order valence-corrected chi connectivity index (χ3v) is 3.08.